The van der Waals surface area contributed by atoms with Gasteiger partial charge in [0.25, 0.3) is 0 Å². The summed E-state index contributed by atoms with van der Waals surface area (Å²) in [5.74, 6) is -1.13. The second-order valence-corrected chi connectivity index (χ2v) is 5.83. The number of nitrogens with one attached hydrogen (secondary N) is 2. The first-order chi connectivity index (χ1) is 11.6. The first-order valence-electron chi connectivity index (χ1n) is 8.17. The molecule has 1 heterocycles. The van der Waals surface area contributed by atoms with Gasteiger partial charge in [-0.3, -0.25) is 9.59 Å². The summed E-state index contributed by atoms with van der Waals surface area (Å²) in [5, 5.41) is 14.2. The summed E-state index contributed by atoms with van der Waals surface area (Å²) in [6.45, 7) is 0.975. The standard InChI is InChI=1S/C17H23N3O4/c21-15(9-10-16(22)23)20-11-5-4-8-14(20)12-18-17(24)19-13-6-2-1-3-7-13/h1-3,6-7,14H,4-5,8-12H2,(H,22,23)(H2,18,19,24). The fourth-order valence-electron chi connectivity index (χ4n) is 2.81. The number of carbonyl (C=O) groups is 3. The van der Waals surface area contributed by atoms with E-state index in [0.717, 1.165) is 19.3 Å². The zero-order chi connectivity index (χ0) is 17.4. The van der Waals surface area contributed by atoms with Crippen LogP contribution in [0.4, 0.5) is 10.5 Å². The summed E-state index contributed by atoms with van der Waals surface area (Å²) < 4.78 is 0. The van der Waals surface area contributed by atoms with Crippen LogP contribution in [0.15, 0.2) is 30.3 Å². The maximum absolute atomic E-state index is 12.2. The van der Waals surface area contributed by atoms with Gasteiger partial charge in [-0.2, -0.15) is 0 Å². The predicted molar refractivity (Wildman–Crippen MR) is 89.7 cm³/mol. The fourth-order valence-corrected chi connectivity index (χ4v) is 2.81. The number of carboxylic acids is 1. The highest BCUT2D eigenvalue weighted by Crippen LogP contribution is 2.18. The zero-order valence-electron chi connectivity index (χ0n) is 13.5. The topological polar surface area (TPSA) is 98.7 Å². The number of carboxylic acid groups (broad SMARTS) is 1. The molecule has 0 radical (unpaired) electrons. The van der Waals surface area contributed by atoms with E-state index >= 15 is 0 Å². The van der Waals surface area contributed by atoms with Crippen LogP contribution < -0.4 is 10.6 Å². The second-order valence-electron chi connectivity index (χ2n) is 5.83. The Balaban J connectivity index is 1.83. The molecule has 3 amide bonds. The van der Waals surface area contributed by atoms with Crippen molar-refractivity contribution in [3.63, 3.8) is 0 Å². The Labute approximate surface area is 141 Å². The molecule has 0 saturated carbocycles. The highest BCUT2D eigenvalue weighted by atomic mass is 16.4. The first-order valence-corrected chi connectivity index (χ1v) is 8.17. The lowest BCUT2D eigenvalue weighted by molar-refractivity contribution is -0.142. The van der Waals surface area contributed by atoms with E-state index in [9.17, 15) is 14.4 Å². The molecule has 7 nitrogen and oxygen atoms in total. The summed E-state index contributed by atoms with van der Waals surface area (Å²) in [6.07, 6.45) is 2.55. The van der Waals surface area contributed by atoms with E-state index in [-0.39, 0.29) is 30.8 Å². The van der Waals surface area contributed by atoms with Gasteiger partial charge in [0.05, 0.1) is 6.42 Å². The van der Waals surface area contributed by atoms with Crippen LogP contribution in [0.25, 0.3) is 0 Å². The third-order valence-electron chi connectivity index (χ3n) is 4.03. The van der Waals surface area contributed by atoms with Crippen molar-refractivity contribution in [1.82, 2.24) is 10.2 Å². The van der Waals surface area contributed by atoms with E-state index in [1.165, 1.54) is 0 Å². The number of amides is 3. The van der Waals surface area contributed by atoms with E-state index in [0.29, 0.717) is 18.8 Å². The summed E-state index contributed by atoms with van der Waals surface area (Å²) in [5.41, 5.74) is 0.702. The number of carbonyl (C=O) groups excluding carboxylic acids is 2. The van der Waals surface area contributed by atoms with E-state index < -0.39 is 5.97 Å². The average Bonchev–Trinajstić information content (AvgIpc) is 2.59. The van der Waals surface area contributed by atoms with Crippen molar-refractivity contribution in [2.75, 3.05) is 18.4 Å². The summed E-state index contributed by atoms with van der Waals surface area (Å²) in [4.78, 5) is 36.5. The van der Waals surface area contributed by atoms with Crippen LogP contribution in [0.5, 0.6) is 0 Å². The number of nitrogens with zero attached hydrogens (tertiary/aromatic N) is 1. The van der Waals surface area contributed by atoms with Gasteiger partial charge in [-0.05, 0) is 31.4 Å². The second kappa shape index (κ2) is 8.90. The monoisotopic (exact) mass is 333 g/mol. The number of benzene rings is 1. The van der Waals surface area contributed by atoms with Gasteiger partial charge in [-0.25, -0.2) is 4.79 Å². The van der Waals surface area contributed by atoms with E-state index in [1.54, 1.807) is 17.0 Å². The molecule has 0 aliphatic carbocycles. The third kappa shape index (κ3) is 5.57. The number of para-hydroxylation sites is 1. The number of anilines is 1. The Morgan fingerprint density at radius 3 is 2.58 bits per heavy atom. The van der Waals surface area contributed by atoms with Gasteiger partial charge in [0, 0.05) is 31.2 Å². The Bertz CT molecular complexity index is 576. The normalized spacial score (nSPS) is 17.2. The molecule has 24 heavy (non-hydrogen) atoms. The van der Waals surface area contributed by atoms with Crippen molar-refractivity contribution in [3.05, 3.63) is 30.3 Å². The SMILES string of the molecule is O=C(O)CCC(=O)N1CCCCC1CNC(=O)Nc1ccccc1. The summed E-state index contributed by atoms with van der Waals surface area (Å²) >= 11 is 0. The maximum atomic E-state index is 12.2. The number of urea groups is 1. The molecule has 1 aromatic rings. The molecule has 1 aromatic carbocycles. The van der Waals surface area contributed by atoms with Crippen molar-refractivity contribution in [2.24, 2.45) is 0 Å². The van der Waals surface area contributed by atoms with Crippen molar-refractivity contribution in [2.45, 2.75) is 38.1 Å². The molecule has 2 rings (SSSR count). The van der Waals surface area contributed by atoms with Crippen molar-refractivity contribution < 1.29 is 19.5 Å². The Morgan fingerprint density at radius 1 is 1.12 bits per heavy atom. The quantitative estimate of drug-likeness (QED) is 0.742. The minimum absolute atomic E-state index is 0.00203. The number of piperidine rings is 1. The molecular weight excluding hydrogens is 310 g/mol. The molecule has 1 atom stereocenters. The number of hydrogen-bond acceptors (Lipinski definition) is 3. The molecule has 0 spiro atoms. The maximum Gasteiger partial charge on any atom is 0.319 e. The molecule has 0 bridgehead atoms. The van der Waals surface area contributed by atoms with E-state index in [2.05, 4.69) is 10.6 Å². The highest BCUT2D eigenvalue weighted by molar-refractivity contribution is 5.89. The fraction of sp³-hybridized carbons (Fsp3) is 0.471. The van der Waals surface area contributed by atoms with E-state index in [1.807, 2.05) is 18.2 Å². The van der Waals surface area contributed by atoms with Gasteiger partial charge in [0.15, 0.2) is 0 Å². The molecule has 1 unspecified atom stereocenters. The molecule has 1 aliphatic rings. The number of rotatable bonds is 6. The molecule has 7 heteroatoms. The van der Waals surface area contributed by atoms with Gasteiger partial charge in [0.1, 0.15) is 0 Å². The largest absolute Gasteiger partial charge is 0.481 e. The van der Waals surface area contributed by atoms with Gasteiger partial charge >= 0.3 is 12.0 Å². The minimum atomic E-state index is -0.975. The Morgan fingerprint density at radius 2 is 1.88 bits per heavy atom. The van der Waals surface area contributed by atoms with Crippen LogP contribution in [0, 0.1) is 0 Å². The van der Waals surface area contributed by atoms with Gasteiger partial charge < -0.3 is 20.6 Å². The average molecular weight is 333 g/mol. The van der Waals surface area contributed by atoms with Gasteiger partial charge in [0.2, 0.25) is 5.91 Å². The molecule has 3 N–H and O–H groups in total. The van der Waals surface area contributed by atoms with Gasteiger partial charge in [-0.1, -0.05) is 18.2 Å². The van der Waals surface area contributed by atoms with Crippen molar-refractivity contribution in [3.8, 4) is 0 Å². The lowest BCUT2D eigenvalue weighted by Crippen LogP contribution is -2.50. The number of hydrogen-bond donors (Lipinski definition) is 3. The van der Waals surface area contributed by atoms with Crippen LogP contribution in [0.2, 0.25) is 0 Å². The Kier molecular flexibility index (Phi) is 6.60. The van der Waals surface area contributed by atoms with Crippen LogP contribution in [0.3, 0.4) is 0 Å². The first kappa shape index (κ1) is 17.8. The summed E-state index contributed by atoms with van der Waals surface area (Å²) in [7, 11) is 0. The lowest BCUT2D eigenvalue weighted by atomic mass is 10.0. The van der Waals surface area contributed by atoms with Crippen LogP contribution >= 0.6 is 0 Å². The molecule has 1 saturated heterocycles. The van der Waals surface area contributed by atoms with Crippen LogP contribution in [0.1, 0.15) is 32.1 Å². The van der Waals surface area contributed by atoms with E-state index in [4.69, 9.17) is 5.11 Å². The highest BCUT2D eigenvalue weighted by Gasteiger charge is 2.27. The van der Waals surface area contributed by atoms with Crippen molar-refractivity contribution >= 4 is 23.6 Å². The minimum Gasteiger partial charge on any atom is -0.481 e. The zero-order valence-corrected chi connectivity index (χ0v) is 13.5. The van der Waals surface area contributed by atoms with Crippen LogP contribution in [-0.2, 0) is 9.59 Å². The lowest BCUT2D eigenvalue weighted by Gasteiger charge is -2.36. The Hall–Kier alpha value is -2.57. The molecule has 1 aliphatic heterocycles. The molecular formula is C17H23N3O4. The van der Waals surface area contributed by atoms with Crippen molar-refractivity contribution in [1.29, 1.82) is 0 Å². The third-order valence-corrected chi connectivity index (χ3v) is 4.03. The predicted octanol–water partition coefficient (Wildman–Crippen LogP) is 2.05. The number of likely N-dealkylation sites (tertiary alicyclic amines) is 1. The number of aliphatic carboxylic acids is 1. The summed E-state index contributed by atoms with van der Waals surface area (Å²) in [6, 6.07) is 8.72. The molecule has 130 valence electrons. The van der Waals surface area contributed by atoms with Crippen LogP contribution in [-0.4, -0.2) is 47.0 Å². The van der Waals surface area contributed by atoms with Gasteiger partial charge in [-0.15, -0.1) is 0 Å². The molecule has 1 fully saturated rings. The molecule has 0 aromatic heterocycles. The smallest absolute Gasteiger partial charge is 0.319 e.